The van der Waals surface area contributed by atoms with Crippen LogP contribution in [-0.2, 0) is 27.6 Å². The highest BCUT2D eigenvalue weighted by Gasteiger charge is 2.17. The molecule has 0 aliphatic heterocycles. The van der Waals surface area contributed by atoms with Gasteiger partial charge in [0, 0.05) is 25.0 Å². The molecule has 124 valence electrons. The van der Waals surface area contributed by atoms with Crippen LogP contribution >= 0.6 is 11.6 Å². The van der Waals surface area contributed by atoms with E-state index in [2.05, 4.69) is 20.7 Å². The summed E-state index contributed by atoms with van der Waals surface area (Å²) in [6, 6.07) is 0. The Hall–Kier alpha value is -2.20. The number of halogens is 1. The zero-order valence-corrected chi connectivity index (χ0v) is 14.0. The molecule has 0 saturated heterocycles. The van der Waals surface area contributed by atoms with Gasteiger partial charge in [-0.05, 0) is 6.92 Å². The first-order valence-electron chi connectivity index (χ1n) is 6.46. The van der Waals surface area contributed by atoms with E-state index in [0.717, 1.165) is 15.9 Å². The van der Waals surface area contributed by atoms with E-state index in [4.69, 9.17) is 11.6 Å². The molecule has 0 unspecified atom stereocenters. The summed E-state index contributed by atoms with van der Waals surface area (Å²) in [6.45, 7) is 1.79. The second-order valence-electron chi connectivity index (χ2n) is 4.85. The minimum atomic E-state index is -3.68. The molecule has 0 fully saturated rings. The number of carbonyl (C=O) groups excluding carboxylic acids is 1. The Morgan fingerprint density at radius 3 is 2.78 bits per heavy atom. The third-order valence-corrected chi connectivity index (χ3v) is 4.28. The first-order chi connectivity index (χ1) is 10.7. The molecular formula is C12H15ClN6O3S. The van der Waals surface area contributed by atoms with Crippen LogP contribution in [0.15, 0.2) is 23.7 Å². The van der Waals surface area contributed by atoms with Gasteiger partial charge in [0.15, 0.2) is 9.84 Å². The Bertz CT molecular complexity index is 839. The molecular weight excluding hydrogens is 344 g/mol. The fourth-order valence-electron chi connectivity index (χ4n) is 1.81. The van der Waals surface area contributed by atoms with Gasteiger partial charge in [-0.2, -0.15) is 15.3 Å². The topological polar surface area (TPSA) is 111 Å². The number of nitrogens with zero attached hydrogens (tertiary/aromatic N) is 5. The number of aromatic nitrogens is 4. The zero-order chi connectivity index (χ0) is 17.0. The number of hydrogen-bond donors (Lipinski definition) is 1. The summed E-state index contributed by atoms with van der Waals surface area (Å²) < 4.78 is 26.5. The van der Waals surface area contributed by atoms with Gasteiger partial charge < -0.3 is 0 Å². The Balaban J connectivity index is 1.89. The van der Waals surface area contributed by atoms with Crippen LogP contribution in [0.25, 0.3) is 0 Å². The summed E-state index contributed by atoms with van der Waals surface area (Å²) in [4.78, 5) is 11.7. The Morgan fingerprint density at radius 1 is 1.48 bits per heavy atom. The number of aryl methyl sites for hydroxylation is 2. The fourth-order valence-corrected chi connectivity index (χ4v) is 3.06. The molecule has 0 atom stereocenters. The summed E-state index contributed by atoms with van der Waals surface area (Å²) in [5.41, 5.74) is 3.64. The number of hydrazone groups is 1. The van der Waals surface area contributed by atoms with Crippen LogP contribution in [0, 0.1) is 6.92 Å². The molecule has 1 N–H and O–H groups in total. The van der Waals surface area contributed by atoms with E-state index in [-0.39, 0.29) is 0 Å². The maximum atomic E-state index is 11.9. The average molecular weight is 359 g/mol. The van der Waals surface area contributed by atoms with Crippen molar-refractivity contribution in [3.63, 3.8) is 0 Å². The second-order valence-corrected chi connectivity index (χ2v) is 7.32. The molecule has 2 aromatic heterocycles. The lowest BCUT2D eigenvalue weighted by Crippen LogP contribution is -2.28. The van der Waals surface area contributed by atoms with Gasteiger partial charge in [0.25, 0.3) is 5.91 Å². The summed E-state index contributed by atoms with van der Waals surface area (Å²) in [7, 11) is -1.92. The maximum Gasteiger partial charge on any atom is 0.255 e. The molecule has 2 rings (SSSR count). The van der Waals surface area contributed by atoms with Crippen molar-refractivity contribution in [3.05, 3.63) is 34.9 Å². The number of nitrogens with one attached hydrogen (secondary N) is 1. The average Bonchev–Trinajstić information content (AvgIpc) is 2.94. The predicted molar refractivity (Wildman–Crippen MR) is 84.7 cm³/mol. The summed E-state index contributed by atoms with van der Waals surface area (Å²) in [5, 5.41) is 11.9. The standard InChI is InChI=1S/C12H15ClN6O3S/c1-9-10(5-18(2)17-9)3-14-16-12(20)7-23(21,22)8-19-6-11(13)4-15-19/h3-6H,7-8H2,1-2H3,(H,16,20)/b14-3+. The minimum absolute atomic E-state index is 0.320. The smallest absolute Gasteiger partial charge is 0.255 e. The van der Waals surface area contributed by atoms with Gasteiger partial charge in [-0.1, -0.05) is 11.6 Å². The van der Waals surface area contributed by atoms with E-state index in [1.807, 2.05) is 0 Å². The van der Waals surface area contributed by atoms with Crippen molar-refractivity contribution in [3.8, 4) is 0 Å². The van der Waals surface area contributed by atoms with Crippen molar-refractivity contribution < 1.29 is 13.2 Å². The Morgan fingerprint density at radius 2 is 2.22 bits per heavy atom. The monoisotopic (exact) mass is 358 g/mol. The first-order valence-corrected chi connectivity index (χ1v) is 8.65. The lowest BCUT2D eigenvalue weighted by molar-refractivity contribution is -0.118. The molecule has 0 aliphatic rings. The third-order valence-electron chi connectivity index (χ3n) is 2.73. The normalized spacial score (nSPS) is 12.0. The van der Waals surface area contributed by atoms with Gasteiger partial charge >= 0.3 is 0 Å². The van der Waals surface area contributed by atoms with Crippen LogP contribution in [0.3, 0.4) is 0 Å². The van der Waals surface area contributed by atoms with Gasteiger partial charge in [0.1, 0.15) is 11.6 Å². The number of carbonyl (C=O) groups is 1. The first kappa shape index (κ1) is 17.2. The summed E-state index contributed by atoms with van der Waals surface area (Å²) in [6.07, 6.45) is 5.81. The molecule has 0 saturated carbocycles. The number of hydrogen-bond acceptors (Lipinski definition) is 6. The third kappa shape index (κ3) is 5.18. The molecule has 0 spiro atoms. The van der Waals surface area contributed by atoms with Gasteiger partial charge in [0.2, 0.25) is 0 Å². The van der Waals surface area contributed by atoms with Crippen molar-refractivity contribution in [1.82, 2.24) is 25.0 Å². The quantitative estimate of drug-likeness (QED) is 0.581. The molecule has 11 heteroatoms. The lowest BCUT2D eigenvalue weighted by atomic mass is 10.3. The molecule has 2 aromatic rings. The molecule has 2 heterocycles. The number of amides is 1. The van der Waals surface area contributed by atoms with E-state index < -0.39 is 27.4 Å². The van der Waals surface area contributed by atoms with Crippen molar-refractivity contribution in [1.29, 1.82) is 0 Å². The van der Waals surface area contributed by atoms with Gasteiger partial charge in [0.05, 0.1) is 23.1 Å². The number of rotatable bonds is 6. The lowest BCUT2D eigenvalue weighted by Gasteiger charge is -2.03. The second kappa shape index (κ2) is 6.92. The Kier molecular flexibility index (Phi) is 5.16. The molecule has 0 radical (unpaired) electrons. The van der Waals surface area contributed by atoms with Crippen LogP contribution < -0.4 is 5.43 Å². The van der Waals surface area contributed by atoms with Crippen LogP contribution in [0.1, 0.15) is 11.3 Å². The SMILES string of the molecule is Cc1nn(C)cc1/C=N/NC(=O)CS(=O)(=O)Cn1cc(Cl)cn1. The zero-order valence-electron chi connectivity index (χ0n) is 12.5. The maximum absolute atomic E-state index is 11.9. The van der Waals surface area contributed by atoms with Crippen molar-refractivity contribution in [2.75, 3.05) is 5.75 Å². The van der Waals surface area contributed by atoms with Crippen molar-refractivity contribution in [2.24, 2.45) is 12.1 Å². The highest BCUT2D eigenvalue weighted by Crippen LogP contribution is 2.06. The predicted octanol–water partition coefficient (Wildman–Crippen LogP) is 0.101. The Labute approximate surface area is 137 Å². The van der Waals surface area contributed by atoms with E-state index >= 15 is 0 Å². The molecule has 9 nitrogen and oxygen atoms in total. The van der Waals surface area contributed by atoms with Crippen LogP contribution in [-0.4, -0.2) is 45.9 Å². The van der Waals surface area contributed by atoms with Crippen molar-refractivity contribution in [2.45, 2.75) is 12.8 Å². The molecule has 0 aliphatic carbocycles. The minimum Gasteiger partial charge on any atom is -0.275 e. The largest absolute Gasteiger partial charge is 0.275 e. The number of sulfone groups is 1. The molecule has 0 aromatic carbocycles. The van der Waals surface area contributed by atoms with Gasteiger partial charge in [-0.15, -0.1) is 0 Å². The van der Waals surface area contributed by atoms with Crippen LogP contribution in [0.2, 0.25) is 5.02 Å². The highest BCUT2D eigenvalue weighted by atomic mass is 35.5. The van der Waals surface area contributed by atoms with E-state index in [1.165, 1.54) is 18.6 Å². The fraction of sp³-hybridized carbons (Fsp3) is 0.333. The molecule has 1 amide bonds. The van der Waals surface area contributed by atoms with E-state index in [1.54, 1.807) is 24.9 Å². The van der Waals surface area contributed by atoms with Crippen molar-refractivity contribution >= 4 is 33.6 Å². The van der Waals surface area contributed by atoms with Gasteiger partial charge in [-0.25, -0.2) is 13.8 Å². The summed E-state index contributed by atoms with van der Waals surface area (Å²) >= 11 is 5.65. The van der Waals surface area contributed by atoms with Crippen LogP contribution in [0.4, 0.5) is 0 Å². The van der Waals surface area contributed by atoms with E-state index in [9.17, 15) is 13.2 Å². The molecule has 23 heavy (non-hydrogen) atoms. The van der Waals surface area contributed by atoms with Crippen LogP contribution in [0.5, 0.6) is 0 Å². The highest BCUT2D eigenvalue weighted by molar-refractivity contribution is 7.91. The summed E-state index contributed by atoms with van der Waals surface area (Å²) in [5.74, 6) is -1.87. The van der Waals surface area contributed by atoms with Gasteiger partial charge in [-0.3, -0.25) is 14.2 Å². The van der Waals surface area contributed by atoms with E-state index in [0.29, 0.717) is 5.02 Å². The molecule has 0 bridgehead atoms.